The molecule has 0 aliphatic rings. The molecular formula is C5H10F3NO2. The summed E-state index contributed by atoms with van der Waals surface area (Å²) in [5, 5.41) is 8.56. The molecule has 0 aromatic carbocycles. The lowest BCUT2D eigenvalue weighted by Crippen LogP contribution is -2.29. The van der Waals surface area contributed by atoms with Gasteiger partial charge in [-0.25, -0.2) is 0 Å². The van der Waals surface area contributed by atoms with Crippen molar-refractivity contribution in [2.75, 3.05) is 13.2 Å². The molecule has 1 unspecified atom stereocenters. The Kier molecular flexibility index (Phi) is 4.39. The van der Waals surface area contributed by atoms with Crippen LogP contribution in [0.3, 0.4) is 0 Å². The van der Waals surface area contributed by atoms with Crippen LogP contribution in [0.2, 0.25) is 0 Å². The second kappa shape index (κ2) is 4.53. The van der Waals surface area contributed by atoms with Crippen molar-refractivity contribution in [2.24, 2.45) is 0 Å². The Labute approximate surface area is 62.1 Å². The number of nitrogens with one attached hydrogen (secondary N) is 1. The molecule has 0 saturated carbocycles. The predicted molar refractivity (Wildman–Crippen MR) is 31.7 cm³/mol. The minimum atomic E-state index is -4.33. The maximum Gasteiger partial charge on any atom is 0.413 e. The highest BCUT2D eigenvalue weighted by atomic mass is 19.4. The summed E-state index contributed by atoms with van der Waals surface area (Å²) in [7, 11) is 0. The fraction of sp³-hybridized carbons (Fsp3) is 1.00. The molecule has 1 atom stereocenters. The molecular weight excluding hydrogens is 163 g/mol. The van der Waals surface area contributed by atoms with Gasteiger partial charge >= 0.3 is 6.18 Å². The zero-order valence-electron chi connectivity index (χ0n) is 5.98. The van der Waals surface area contributed by atoms with Crippen LogP contribution in [-0.2, 0) is 4.84 Å². The molecule has 0 rings (SSSR count). The summed E-state index contributed by atoms with van der Waals surface area (Å²) in [6, 6.07) is 0. The van der Waals surface area contributed by atoms with Crippen molar-refractivity contribution in [3.05, 3.63) is 0 Å². The van der Waals surface area contributed by atoms with E-state index >= 15 is 0 Å². The number of alkyl halides is 3. The summed E-state index contributed by atoms with van der Waals surface area (Å²) in [5.74, 6) is 0. The normalized spacial score (nSPS) is 15.0. The van der Waals surface area contributed by atoms with E-state index in [0.717, 1.165) is 0 Å². The maximum atomic E-state index is 11.4. The van der Waals surface area contributed by atoms with Crippen LogP contribution in [0, 0.1) is 0 Å². The molecule has 11 heavy (non-hydrogen) atoms. The summed E-state index contributed by atoms with van der Waals surface area (Å²) in [5.41, 5.74) is 1.97. The Hall–Kier alpha value is -0.330. The van der Waals surface area contributed by atoms with E-state index in [1.807, 2.05) is 5.48 Å². The quantitative estimate of drug-likeness (QED) is 0.479. The first-order valence-electron chi connectivity index (χ1n) is 3.01. The summed E-state index contributed by atoms with van der Waals surface area (Å²) in [6.45, 7) is 0.0692. The number of aliphatic hydroxyl groups is 1. The number of aliphatic hydroxyl groups excluding tert-OH is 1. The fourth-order valence-corrected chi connectivity index (χ4v) is 0.312. The largest absolute Gasteiger partial charge is 0.413 e. The van der Waals surface area contributed by atoms with Crippen molar-refractivity contribution < 1.29 is 23.1 Å². The molecule has 0 aromatic heterocycles. The Morgan fingerprint density at radius 2 is 2.09 bits per heavy atom. The second-order valence-corrected chi connectivity index (χ2v) is 2.10. The highest BCUT2D eigenvalue weighted by Gasteiger charge is 2.27. The monoisotopic (exact) mass is 173 g/mol. The topological polar surface area (TPSA) is 41.5 Å². The zero-order chi connectivity index (χ0) is 8.91. The first-order valence-corrected chi connectivity index (χ1v) is 3.01. The minimum Gasteiger partial charge on any atom is -0.392 e. The third-order valence-corrected chi connectivity index (χ3v) is 0.717. The van der Waals surface area contributed by atoms with Gasteiger partial charge in [-0.3, -0.25) is 4.84 Å². The van der Waals surface area contributed by atoms with E-state index in [1.165, 1.54) is 6.92 Å². The van der Waals surface area contributed by atoms with Crippen molar-refractivity contribution in [1.29, 1.82) is 0 Å². The van der Waals surface area contributed by atoms with Gasteiger partial charge in [0, 0.05) is 6.54 Å². The Morgan fingerprint density at radius 3 is 2.45 bits per heavy atom. The van der Waals surface area contributed by atoms with Crippen LogP contribution in [0.15, 0.2) is 0 Å². The summed E-state index contributed by atoms with van der Waals surface area (Å²) < 4.78 is 34.1. The van der Waals surface area contributed by atoms with Crippen molar-refractivity contribution in [3.8, 4) is 0 Å². The highest BCUT2D eigenvalue weighted by Crippen LogP contribution is 2.13. The fourth-order valence-electron chi connectivity index (χ4n) is 0.312. The first kappa shape index (κ1) is 10.7. The van der Waals surface area contributed by atoms with Gasteiger partial charge in [0.2, 0.25) is 0 Å². The van der Waals surface area contributed by atoms with E-state index in [1.54, 1.807) is 0 Å². The van der Waals surface area contributed by atoms with E-state index in [-0.39, 0.29) is 6.54 Å². The zero-order valence-corrected chi connectivity index (χ0v) is 5.98. The Morgan fingerprint density at radius 1 is 1.55 bits per heavy atom. The van der Waals surface area contributed by atoms with Gasteiger partial charge < -0.3 is 5.11 Å². The Bertz CT molecular complexity index is 104. The smallest absolute Gasteiger partial charge is 0.392 e. The lowest BCUT2D eigenvalue weighted by molar-refractivity contribution is -0.190. The molecule has 6 heteroatoms. The van der Waals surface area contributed by atoms with Gasteiger partial charge in [0.25, 0.3) is 0 Å². The highest BCUT2D eigenvalue weighted by molar-refractivity contribution is 4.46. The lowest BCUT2D eigenvalue weighted by Gasteiger charge is -2.09. The third-order valence-electron chi connectivity index (χ3n) is 0.717. The van der Waals surface area contributed by atoms with E-state index in [4.69, 9.17) is 5.11 Å². The Balaban J connectivity index is 3.15. The van der Waals surface area contributed by atoms with Crippen molar-refractivity contribution in [3.63, 3.8) is 0 Å². The van der Waals surface area contributed by atoms with Gasteiger partial charge in [-0.15, -0.1) is 0 Å². The standard InChI is InChI=1S/C5H10F3NO2/c1-4(10)2-9-11-3-5(6,7)8/h4,9-10H,2-3H2,1H3. The third kappa shape index (κ3) is 9.67. The SMILES string of the molecule is CC(O)CNOCC(F)(F)F. The van der Waals surface area contributed by atoms with Gasteiger partial charge in [0.05, 0.1) is 6.10 Å². The summed E-state index contributed by atoms with van der Waals surface area (Å²) in [4.78, 5) is 3.97. The molecule has 3 nitrogen and oxygen atoms in total. The van der Waals surface area contributed by atoms with Crippen LogP contribution < -0.4 is 5.48 Å². The molecule has 68 valence electrons. The summed E-state index contributed by atoms with van der Waals surface area (Å²) >= 11 is 0. The van der Waals surface area contributed by atoms with Gasteiger partial charge in [0.1, 0.15) is 0 Å². The van der Waals surface area contributed by atoms with Crippen molar-refractivity contribution >= 4 is 0 Å². The molecule has 0 spiro atoms. The van der Waals surface area contributed by atoms with Gasteiger partial charge in [-0.1, -0.05) is 0 Å². The number of hydrogen-bond donors (Lipinski definition) is 2. The van der Waals surface area contributed by atoms with Crippen LogP contribution in [0.1, 0.15) is 6.92 Å². The minimum absolute atomic E-state index is 0.0178. The summed E-state index contributed by atoms with van der Waals surface area (Å²) in [6.07, 6.45) is -5.05. The molecule has 0 aliphatic heterocycles. The lowest BCUT2D eigenvalue weighted by atomic mass is 10.4. The molecule has 0 fully saturated rings. The first-order chi connectivity index (χ1) is 4.92. The number of hydrogen-bond acceptors (Lipinski definition) is 3. The van der Waals surface area contributed by atoms with Crippen LogP contribution in [-0.4, -0.2) is 30.5 Å². The second-order valence-electron chi connectivity index (χ2n) is 2.10. The molecule has 0 bridgehead atoms. The van der Waals surface area contributed by atoms with Crippen molar-refractivity contribution in [2.45, 2.75) is 19.2 Å². The number of hydroxylamine groups is 1. The van der Waals surface area contributed by atoms with E-state index in [0.29, 0.717) is 0 Å². The van der Waals surface area contributed by atoms with Gasteiger partial charge in [0.15, 0.2) is 6.61 Å². The molecule has 0 amide bonds. The van der Waals surface area contributed by atoms with E-state index in [9.17, 15) is 13.2 Å². The molecule has 0 aliphatic carbocycles. The average molecular weight is 173 g/mol. The molecule has 0 radical (unpaired) electrons. The maximum absolute atomic E-state index is 11.4. The van der Waals surface area contributed by atoms with Crippen molar-refractivity contribution in [1.82, 2.24) is 5.48 Å². The van der Waals surface area contributed by atoms with Gasteiger partial charge in [-0.2, -0.15) is 18.7 Å². The molecule has 0 heterocycles. The molecule has 2 N–H and O–H groups in total. The van der Waals surface area contributed by atoms with Crippen LogP contribution in [0.5, 0.6) is 0 Å². The van der Waals surface area contributed by atoms with Gasteiger partial charge in [-0.05, 0) is 6.92 Å². The number of halogens is 3. The van der Waals surface area contributed by atoms with Crippen LogP contribution in [0.25, 0.3) is 0 Å². The molecule has 0 saturated heterocycles. The van der Waals surface area contributed by atoms with E-state index in [2.05, 4.69) is 4.84 Å². The van der Waals surface area contributed by atoms with Crippen LogP contribution in [0.4, 0.5) is 13.2 Å². The average Bonchev–Trinajstić information content (AvgIpc) is 1.78. The predicted octanol–water partition coefficient (Wildman–Crippen LogP) is 0.451. The van der Waals surface area contributed by atoms with E-state index < -0.39 is 18.9 Å². The van der Waals surface area contributed by atoms with Crippen LogP contribution >= 0.6 is 0 Å². The number of rotatable bonds is 4. The molecule has 0 aromatic rings.